The normalized spacial score (nSPS) is 11.7. The van der Waals surface area contributed by atoms with Gasteiger partial charge in [-0.05, 0) is 64.1 Å². The van der Waals surface area contributed by atoms with Crippen LogP contribution in [0, 0.1) is 5.92 Å². The van der Waals surface area contributed by atoms with Crippen molar-refractivity contribution in [2.75, 3.05) is 0 Å². The summed E-state index contributed by atoms with van der Waals surface area (Å²) in [4.78, 5) is 5.28. The van der Waals surface area contributed by atoms with Crippen LogP contribution < -0.4 is 0 Å². The molecule has 0 radical (unpaired) electrons. The third kappa shape index (κ3) is 4.49. The summed E-state index contributed by atoms with van der Waals surface area (Å²) in [5, 5.41) is 3.46. The molecule has 0 spiro atoms. The fraction of sp³-hybridized carbons (Fsp3) is 0.0976. The van der Waals surface area contributed by atoms with Crippen molar-refractivity contribution in [2.24, 2.45) is 5.92 Å². The molecule has 3 heteroatoms. The van der Waals surface area contributed by atoms with Crippen LogP contribution in [0.4, 0.5) is 0 Å². The first-order valence-corrected chi connectivity index (χ1v) is 15.3. The lowest BCUT2D eigenvalue weighted by atomic mass is 9.95. The molecule has 0 aliphatic heterocycles. The van der Waals surface area contributed by atoms with Gasteiger partial charge in [0.2, 0.25) is 0 Å². The first-order chi connectivity index (χ1) is 21.6. The fourth-order valence-electron chi connectivity index (χ4n) is 6.51. The van der Waals surface area contributed by atoms with Gasteiger partial charge < -0.3 is 4.42 Å². The van der Waals surface area contributed by atoms with Crippen LogP contribution in [-0.2, 0) is 6.42 Å². The predicted octanol–water partition coefficient (Wildman–Crippen LogP) is 11.1. The number of nitrogens with zero attached hydrogens (tertiary/aromatic N) is 2. The number of rotatable bonds is 6. The summed E-state index contributed by atoms with van der Waals surface area (Å²) in [5.74, 6) is 1.47. The van der Waals surface area contributed by atoms with Crippen LogP contribution in [0.3, 0.4) is 0 Å². The molecule has 8 aromatic rings. The van der Waals surface area contributed by atoms with Crippen LogP contribution in [0.5, 0.6) is 0 Å². The lowest BCUT2D eigenvalue weighted by Gasteiger charge is -2.19. The Bertz CT molecular complexity index is 2220. The Morgan fingerprint density at radius 2 is 1.32 bits per heavy atom. The van der Waals surface area contributed by atoms with Crippen LogP contribution in [0.25, 0.3) is 72.1 Å². The van der Waals surface area contributed by atoms with Crippen molar-refractivity contribution in [1.29, 1.82) is 0 Å². The quantitative estimate of drug-likeness (QED) is 0.200. The Labute approximate surface area is 257 Å². The number of para-hydroxylation sites is 3. The van der Waals surface area contributed by atoms with Gasteiger partial charge in [-0.2, -0.15) is 0 Å². The molecule has 3 nitrogen and oxygen atoms in total. The third-order valence-corrected chi connectivity index (χ3v) is 8.47. The first-order valence-electron chi connectivity index (χ1n) is 15.3. The van der Waals surface area contributed by atoms with Crippen molar-refractivity contribution in [2.45, 2.75) is 20.3 Å². The summed E-state index contributed by atoms with van der Waals surface area (Å²) in [7, 11) is 0. The molecule has 0 saturated carbocycles. The Balaban J connectivity index is 1.42. The number of fused-ring (bicyclic) bond motifs is 3. The van der Waals surface area contributed by atoms with Gasteiger partial charge in [-0.25, -0.2) is 4.98 Å². The van der Waals surface area contributed by atoms with Gasteiger partial charge >= 0.3 is 0 Å². The SMILES string of the molecule is CC(C)Cc1ccc2cc3c(-c4nc5ccccc5n4-c4c(-c5ccccc5)cccc4-c4ccccc4)coc3cc2c1. The molecule has 0 fully saturated rings. The Hall–Kier alpha value is -5.41. The topological polar surface area (TPSA) is 31.0 Å². The molecule has 0 aliphatic rings. The zero-order chi connectivity index (χ0) is 29.6. The second-order valence-electron chi connectivity index (χ2n) is 12.0. The maximum Gasteiger partial charge on any atom is 0.149 e. The van der Waals surface area contributed by atoms with Crippen molar-refractivity contribution >= 4 is 32.8 Å². The van der Waals surface area contributed by atoms with E-state index in [-0.39, 0.29) is 0 Å². The minimum atomic E-state index is 0.610. The van der Waals surface area contributed by atoms with Crippen molar-refractivity contribution < 1.29 is 4.42 Å². The van der Waals surface area contributed by atoms with E-state index in [4.69, 9.17) is 9.40 Å². The van der Waals surface area contributed by atoms with Gasteiger partial charge in [0.25, 0.3) is 0 Å². The van der Waals surface area contributed by atoms with E-state index in [9.17, 15) is 0 Å². The third-order valence-electron chi connectivity index (χ3n) is 8.47. The number of aromatic nitrogens is 2. The summed E-state index contributed by atoms with van der Waals surface area (Å²) in [6.07, 6.45) is 2.94. The molecule has 0 bridgehead atoms. The number of benzene rings is 6. The molecule has 0 saturated heterocycles. The van der Waals surface area contributed by atoms with Crippen molar-refractivity contribution in [3.63, 3.8) is 0 Å². The van der Waals surface area contributed by atoms with Gasteiger partial charge in [0, 0.05) is 16.5 Å². The monoisotopic (exact) mass is 568 g/mol. The lowest BCUT2D eigenvalue weighted by molar-refractivity contribution is 0.617. The number of furan rings is 1. The van der Waals surface area contributed by atoms with Crippen LogP contribution in [0.2, 0.25) is 0 Å². The summed E-state index contributed by atoms with van der Waals surface area (Å²) in [6, 6.07) is 47.5. The van der Waals surface area contributed by atoms with E-state index < -0.39 is 0 Å². The molecule has 0 aliphatic carbocycles. The smallest absolute Gasteiger partial charge is 0.149 e. The Morgan fingerprint density at radius 3 is 2.02 bits per heavy atom. The fourth-order valence-corrected chi connectivity index (χ4v) is 6.51. The Kier molecular flexibility index (Phi) is 6.38. The second-order valence-corrected chi connectivity index (χ2v) is 12.0. The maximum atomic E-state index is 6.30. The molecule has 0 unspecified atom stereocenters. The zero-order valence-corrected chi connectivity index (χ0v) is 24.9. The molecule has 6 aromatic carbocycles. The highest BCUT2D eigenvalue weighted by molar-refractivity contribution is 6.04. The zero-order valence-electron chi connectivity index (χ0n) is 24.9. The van der Waals surface area contributed by atoms with Gasteiger partial charge in [-0.3, -0.25) is 4.57 Å². The van der Waals surface area contributed by atoms with Gasteiger partial charge in [0.1, 0.15) is 17.7 Å². The van der Waals surface area contributed by atoms with Crippen molar-refractivity contribution in [1.82, 2.24) is 9.55 Å². The molecule has 2 heterocycles. The molecule has 44 heavy (non-hydrogen) atoms. The predicted molar refractivity (Wildman–Crippen MR) is 183 cm³/mol. The van der Waals surface area contributed by atoms with E-state index in [0.29, 0.717) is 5.92 Å². The average molecular weight is 569 g/mol. The number of hydrogen-bond donors (Lipinski definition) is 0. The number of imidazole rings is 1. The van der Waals surface area contributed by atoms with E-state index >= 15 is 0 Å². The maximum absolute atomic E-state index is 6.30. The minimum absolute atomic E-state index is 0.610. The highest BCUT2D eigenvalue weighted by Crippen LogP contribution is 2.42. The van der Waals surface area contributed by atoms with E-state index in [1.54, 1.807) is 0 Å². The highest BCUT2D eigenvalue weighted by Gasteiger charge is 2.23. The largest absolute Gasteiger partial charge is 0.464 e. The molecule has 8 rings (SSSR count). The summed E-state index contributed by atoms with van der Waals surface area (Å²) in [5.41, 5.74) is 10.9. The summed E-state index contributed by atoms with van der Waals surface area (Å²) >= 11 is 0. The molecule has 0 atom stereocenters. The molecular weight excluding hydrogens is 536 g/mol. The van der Waals surface area contributed by atoms with Crippen molar-refractivity contribution in [3.8, 4) is 39.3 Å². The van der Waals surface area contributed by atoms with Gasteiger partial charge in [0.05, 0.1) is 22.3 Å². The molecule has 212 valence electrons. The van der Waals surface area contributed by atoms with Gasteiger partial charge in [-0.15, -0.1) is 0 Å². The van der Waals surface area contributed by atoms with Crippen LogP contribution in [-0.4, -0.2) is 9.55 Å². The van der Waals surface area contributed by atoms with Crippen molar-refractivity contribution in [3.05, 3.63) is 145 Å². The highest BCUT2D eigenvalue weighted by atomic mass is 16.3. The first kappa shape index (κ1) is 26.2. The molecule has 0 amide bonds. The van der Waals surface area contributed by atoms with Crippen LogP contribution in [0.1, 0.15) is 19.4 Å². The van der Waals surface area contributed by atoms with E-state index in [1.165, 1.54) is 16.3 Å². The number of hydrogen-bond acceptors (Lipinski definition) is 2. The van der Waals surface area contributed by atoms with Crippen LogP contribution >= 0.6 is 0 Å². The average Bonchev–Trinajstić information content (AvgIpc) is 3.64. The standard InChI is InChI=1S/C41H32N2O/c1-27(2)22-28-20-21-31-24-35-36(26-44-39(35)25-32(31)23-28)41-42-37-18-9-10-19-38(37)43(41)40-33(29-12-5-3-6-13-29)16-11-17-34(40)30-14-7-4-8-15-30/h3-21,23-27H,22H2,1-2H3. The van der Waals surface area contributed by atoms with Gasteiger partial charge in [-0.1, -0.05) is 123 Å². The second kappa shape index (κ2) is 10.7. The molecule has 2 aromatic heterocycles. The van der Waals surface area contributed by atoms with Crippen LogP contribution in [0.15, 0.2) is 144 Å². The summed E-state index contributed by atoms with van der Waals surface area (Å²) < 4.78 is 8.63. The molecule has 0 N–H and O–H groups in total. The lowest BCUT2D eigenvalue weighted by Crippen LogP contribution is -2.03. The van der Waals surface area contributed by atoms with E-state index in [1.807, 2.05) is 6.26 Å². The molecular formula is C41H32N2O. The minimum Gasteiger partial charge on any atom is -0.464 e. The summed E-state index contributed by atoms with van der Waals surface area (Å²) in [6.45, 7) is 4.52. The Morgan fingerprint density at radius 1 is 0.636 bits per heavy atom. The van der Waals surface area contributed by atoms with E-state index in [2.05, 4.69) is 152 Å². The van der Waals surface area contributed by atoms with E-state index in [0.717, 1.165) is 67.8 Å². The van der Waals surface area contributed by atoms with Gasteiger partial charge in [0.15, 0.2) is 0 Å².